The number of hydrogen-bond acceptors (Lipinski definition) is 3. The number of nitrogens with zero attached hydrogens (tertiary/aromatic N) is 1. The fourth-order valence-electron chi connectivity index (χ4n) is 1.91. The Balaban J connectivity index is 2.57. The summed E-state index contributed by atoms with van der Waals surface area (Å²) in [6, 6.07) is 8.60. The predicted molar refractivity (Wildman–Crippen MR) is 80.1 cm³/mol. The van der Waals surface area contributed by atoms with Gasteiger partial charge in [0.15, 0.2) is 0 Å². The molecule has 0 atom stereocenters. The molecule has 19 heavy (non-hydrogen) atoms. The molecule has 0 aromatic heterocycles. The van der Waals surface area contributed by atoms with Crippen LogP contribution in [-0.2, 0) is 11.3 Å². The van der Waals surface area contributed by atoms with E-state index in [1.807, 2.05) is 18.2 Å². The third kappa shape index (κ3) is 5.81. The maximum Gasteiger partial charge on any atom is 0.123 e. The lowest BCUT2D eigenvalue weighted by Gasteiger charge is -2.27. The summed E-state index contributed by atoms with van der Waals surface area (Å²) in [4.78, 5) is 2.37. The Morgan fingerprint density at radius 1 is 1.21 bits per heavy atom. The molecular weight excluding hydrogens is 262 g/mol. The molecule has 0 heterocycles. The number of benzene rings is 1. The van der Waals surface area contributed by atoms with E-state index in [9.17, 15) is 0 Å². The van der Waals surface area contributed by atoms with Crippen molar-refractivity contribution in [1.82, 2.24) is 4.90 Å². The van der Waals surface area contributed by atoms with Crippen LogP contribution in [0.5, 0.6) is 5.75 Å². The molecule has 0 unspecified atom stereocenters. The summed E-state index contributed by atoms with van der Waals surface area (Å²) >= 11 is 5.59. The molecule has 3 nitrogen and oxygen atoms in total. The molecule has 1 aromatic rings. The molecular formula is C15H24ClNO2. The molecule has 0 fully saturated rings. The fraction of sp³-hybridized carbons (Fsp3) is 0.600. The largest absolute Gasteiger partial charge is 0.496 e. The minimum absolute atomic E-state index is 0.463. The zero-order valence-corrected chi connectivity index (χ0v) is 12.8. The minimum atomic E-state index is 0.463. The first kappa shape index (κ1) is 16.3. The van der Waals surface area contributed by atoms with Crippen molar-refractivity contribution in [2.24, 2.45) is 0 Å². The van der Waals surface area contributed by atoms with Crippen molar-refractivity contribution in [3.8, 4) is 5.75 Å². The van der Waals surface area contributed by atoms with Crippen molar-refractivity contribution in [3.63, 3.8) is 0 Å². The molecule has 1 rings (SSSR count). The normalized spacial score (nSPS) is 11.3. The van der Waals surface area contributed by atoms with Gasteiger partial charge in [-0.15, -0.1) is 11.6 Å². The smallest absolute Gasteiger partial charge is 0.123 e. The molecule has 0 saturated heterocycles. The fourth-order valence-corrected chi connectivity index (χ4v) is 2.02. The van der Waals surface area contributed by atoms with Gasteiger partial charge in [-0.2, -0.15) is 0 Å². The standard InChI is InChI=1S/C15H24ClNO2/c1-13(2)17(9-11-19-10-8-16)12-14-6-4-5-7-15(14)18-3/h4-7,13H,8-12H2,1-3H3. The average molecular weight is 286 g/mol. The van der Waals surface area contributed by atoms with Gasteiger partial charge in [0.1, 0.15) is 5.75 Å². The van der Waals surface area contributed by atoms with Gasteiger partial charge >= 0.3 is 0 Å². The minimum Gasteiger partial charge on any atom is -0.496 e. The van der Waals surface area contributed by atoms with Gasteiger partial charge in [0.25, 0.3) is 0 Å². The number of ether oxygens (including phenoxy) is 2. The molecule has 0 saturated carbocycles. The van der Waals surface area contributed by atoms with Crippen LogP contribution in [0.1, 0.15) is 19.4 Å². The van der Waals surface area contributed by atoms with E-state index in [-0.39, 0.29) is 0 Å². The van der Waals surface area contributed by atoms with Crippen molar-refractivity contribution >= 4 is 11.6 Å². The van der Waals surface area contributed by atoms with Crippen molar-refractivity contribution in [2.75, 3.05) is 32.7 Å². The maximum absolute atomic E-state index is 5.59. The molecule has 0 N–H and O–H groups in total. The van der Waals surface area contributed by atoms with E-state index >= 15 is 0 Å². The van der Waals surface area contributed by atoms with Gasteiger partial charge in [0.2, 0.25) is 0 Å². The zero-order chi connectivity index (χ0) is 14.1. The maximum atomic E-state index is 5.59. The quantitative estimate of drug-likeness (QED) is 0.514. The van der Waals surface area contributed by atoms with Crippen LogP contribution in [0.2, 0.25) is 0 Å². The number of rotatable bonds is 9. The highest BCUT2D eigenvalue weighted by atomic mass is 35.5. The summed E-state index contributed by atoms with van der Waals surface area (Å²) in [6.45, 7) is 7.47. The Morgan fingerprint density at radius 2 is 1.95 bits per heavy atom. The first-order chi connectivity index (χ1) is 9.19. The molecule has 0 bridgehead atoms. The molecule has 0 aliphatic heterocycles. The number of alkyl halides is 1. The average Bonchev–Trinajstić information content (AvgIpc) is 2.42. The van der Waals surface area contributed by atoms with Crippen molar-refractivity contribution in [3.05, 3.63) is 29.8 Å². The molecule has 0 radical (unpaired) electrons. The van der Waals surface area contributed by atoms with Gasteiger partial charge in [-0.3, -0.25) is 4.90 Å². The highest BCUT2D eigenvalue weighted by molar-refractivity contribution is 6.17. The van der Waals surface area contributed by atoms with Crippen LogP contribution in [0.25, 0.3) is 0 Å². The van der Waals surface area contributed by atoms with E-state index in [1.54, 1.807) is 7.11 Å². The van der Waals surface area contributed by atoms with E-state index in [2.05, 4.69) is 24.8 Å². The summed E-state index contributed by atoms with van der Waals surface area (Å²) in [5, 5.41) is 0. The molecule has 0 aliphatic rings. The van der Waals surface area contributed by atoms with Crippen LogP contribution in [0.4, 0.5) is 0 Å². The third-order valence-electron chi connectivity index (χ3n) is 3.04. The van der Waals surface area contributed by atoms with Crippen LogP contribution in [0.15, 0.2) is 24.3 Å². The Labute approximate surface area is 121 Å². The van der Waals surface area contributed by atoms with E-state index in [0.717, 1.165) is 18.8 Å². The number of methoxy groups -OCH3 is 1. The monoisotopic (exact) mass is 285 g/mol. The summed E-state index contributed by atoms with van der Waals surface area (Å²) in [6.07, 6.45) is 0. The summed E-state index contributed by atoms with van der Waals surface area (Å²) in [5.74, 6) is 1.49. The second kappa shape index (κ2) is 9.18. The van der Waals surface area contributed by atoms with Crippen LogP contribution < -0.4 is 4.74 Å². The van der Waals surface area contributed by atoms with Gasteiger partial charge in [-0.25, -0.2) is 0 Å². The second-order valence-corrected chi connectivity index (χ2v) is 5.06. The van der Waals surface area contributed by atoms with Crippen LogP contribution >= 0.6 is 11.6 Å². The zero-order valence-electron chi connectivity index (χ0n) is 12.1. The van der Waals surface area contributed by atoms with Crippen molar-refractivity contribution in [1.29, 1.82) is 0 Å². The van der Waals surface area contributed by atoms with E-state index in [1.165, 1.54) is 5.56 Å². The number of hydrogen-bond donors (Lipinski definition) is 0. The lowest BCUT2D eigenvalue weighted by Crippen LogP contribution is -2.33. The summed E-state index contributed by atoms with van der Waals surface area (Å²) in [5.41, 5.74) is 1.20. The number of para-hydroxylation sites is 1. The second-order valence-electron chi connectivity index (χ2n) is 4.68. The summed E-state index contributed by atoms with van der Waals surface area (Å²) < 4.78 is 10.8. The molecule has 108 valence electrons. The Kier molecular flexibility index (Phi) is 7.87. The molecule has 0 amide bonds. The SMILES string of the molecule is COc1ccccc1CN(CCOCCCl)C(C)C. The van der Waals surface area contributed by atoms with Crippen LogP contribution in [0, 0.1) is 0 Å². The first-order valence-corrected chi connectivity index (χ1v) is 7.22. The highest BCUT2D eigenvalue weighted by Crippen LogP contribution is 2.20. The van der Waals surface area contributed by atoms with E-state index in [4.69, 9.17) is 21.1 Å². The highest BCUT2D eigenvalue weighted by Gasteiger charge is 2.12. The molecule has 0 aliphatic carbocycles. The topological polar surface area (TPSA) is 21.7 Å². The van der Waals surface area contributed by atoms with Crippen LogP contribution in [-0.4, -0.2) is 43.7 Å². The van der Waals surface area contributed by atoms with E-state index in [0.29, 0.717) is 25.1 Å². The van der Waals surface area contributed by atoms with Crippen LogP contribution in [0.3, 0.4) is 0 Å². The Hall–Kier alpha value is -0.770. The number of halogens is 1. The molecule has 0 spiro atoms. The summed E-state index contributed by atoms with van der Waals surface area (Å²) in [7, 11) is 1.71. The molecule has 1 aromatic carbocycles. The lowest BCUT2D eigenvalue weighted by molar-refractivity contribution is 0.0979. The first-order valence-electron chi connectivity index (χ1n) is 6.68. The Morgan fingerprint density at radius 3 is 2.58 bits per heavy atom. The third-order valence-corrected chi connectivity index (χ3v) is 3.19. The van der Waals surface area contributed by atoms with Gasteiger partial charge < -0.3 is 9.47 Å². The van der Waals surface area contributed by atoms with Gasteiger partial charge in [0.05, 0.1) is 20.3 Å². The predicted octanol–water partition coefficient (Wildman–Crippen LogP) is 3.16. The Bertz CT molecular complexity index is 358. The lowest BCUT2D eigenvalue weighted by atomic mass is 10.1. The van der Waals surface area contributed by atoms with Crippen molar-refractivity contribution < 1.29 is 9.47 Å². The van der Waals surface area contributed by atoms with Gasteiger partial charge in [0, 0.05) is 30.6 Å². The van der Waals surface area contributed by atoms with Crippen molar-refractivity contribution in [2.45, 2.75) is 26.4 Å². The molecule has 4 heteroatoms. The van der Waals surface area contributed by atoms with Gasteiger partial charge in [-0.1, -0.05) is 18.2 Å². The van der Waals surface area contributed by atoms with E-state index < -0.39 is 0 Å². The van der Waals surface area contributed by atoms with Gasteiger partial charge in [-0.05, 0) is 19.9 Å².